The smallest absolute Gasteiger partial charge is 0.143 e. The van der Waals surface area contributed by atoms with E-state index < -0.39 is 0 Å². The van der Waals surface area contributed by atoms with E-state index in [1.165, 1.54) is 207 Å². The molecule has 0 atom stereocenters. The number of furan rings is 3. The van der Waals surface area contributed by atoms with Crippen molar-refractivity contribution in [1.82, 2.24) is 0 Å². The van der Waals surface area contributed by atoms with Gasteiger partial charge in [0.1, 0.15) is 33.5 Å². The highest BCUT2D eigenvalue weighted by Crippen LogP contribution is 2.52. The molecular formula is C134H80O3. The average Bonchev–Trinajstić information content (AvgIpc) is 1.17. The van der Waals surface area contributed by atoms with Crippen molar-refractivity contribution in [3.05, 3.63) is 485 Å². The van der Waals surface area contributed by atoms with Gasteiger partial charge in [-0.2, -0.15) is 0 Å². The highest BCUT2D eigenvalue weighted by atomic mass is 16.3. The molecule has 30 aromatic rings. The van der Waals surface area contributed by atoms with Crippen molar-refractivity contribution in [3.8, 4) is 77.9 Å². The minimum atomic E-state index is 0.911. The van der Waals surface area contributed by atoms with E-state index in [1.807, 2.05) is 0 Å². The topological polar surface area (TPSA) is 39.4 Å². The summed E-state index contributed by atoms with van der Waals surface area (Å²) in [7, 11) is 0. The Labute approximate surface area is 787 Å². The summed E-state index contributed by atoms with van der Waals surface area (Å²) in [4.78, 5) is 0. The SMILES string of the molecule is c1ccc(-c2ccc3c(-c4ccc5oc6c7ccccc7ccc6c5c4)c4ccccc4c(-c4ccccc4)c3c2)cc1.c1ccc2c(c1)ccc1ccc(-c3c4ccccc4c(-c4ccc5c(c4)oc4c6ccccc6ccc54)c4ccccc34)cc12.c1ccc2cc3c(cc2c1)oc1cc(-c2c4ccccc4c(-c4ccc5c6ccccc6c6ccccc6c5c4)c4ccccc24)ccc13. The highest BCUT2D eigenvalue weighted by Gasteiger charge is 2.26. The predicted molar refractivity (Wildman–Crippen MR) is 584 cm³/mol. The summed E-state index contributed by atoms with van der Waals surface area (Å²) in [5, 5.41) is 41.8. The normalized spacial score (nSPS) is 11.9. The van der Waals surface area contributed by atoms with Crippen molar-refractivity contribution in [3.63, 3.8) is 0 Å². The Morgan fingerprint density at radius 2 is 0.350 bits per heavy atom. The Hall–Kier alpha value is -18.0. The fraction of sp³-hybridized carbons (Fsp3) is 0. The maximum absolute atomic E-state index is 6.62. The van der Waals surface area contributed by atoms with Gasteiger partial charge < -0.3 is 13.3 Å². The molecule has 0 unspecified atom stereocenters. The third-order valence-electron chi connectivity index (χ3n) is 29.1. The highest BCUT2D eigenvalue weighted by molar-refractivity contribution is 6.30. The van der Waals surface area contributed by atoms with Gasteiger partial charge in [0, 0.05) is 43.1 Å². The van der Waals surface area contributed by atoms with Crippen molar-refractivity contribution in [1.29, 1.82) is 0 Å². The number of fused-ring (bicyclic) bond motifs is 29. The van der Waals surface area contributed by atoms with E-state index in [9.17, 15) is 0 Å². The lowest BCUT2D eigenvalue weighted by Gasteiger charge is -2.19. The van der Waals surface area contributed by atoms with E-state index in [0.717, 1.165) is 87.7 Å². The van der Waals surface area contributed by atoms with Gasteiger partial charge in [0.25, 0.3) is 0 Å². The number of rotatable bonds is 7. The van der Waals surface area contributed by atoms with E-state index in [2.05, 4.69) is 485 Å². The molecule has 0 aliphatic rings. The van der Waals surface area contributed by atoms with Crippen LogP contribution in [0.1, 0.15) is 0 Å². The van der Waals surface area contributed by atoms with Crippen LogP contribution in [-0.4, -0.2) is 0 Å². The molecule has 3 heterocycles. The first-order valence-electron chi connectivity index (χ1n) is 47.2. The summed E-state index contributed by atoms with van der Waals surface area (Å²) in [6.45, 7) is 0. The molecule has 0 fully saturated rings. The van der Waals surface area contributed by atoms with E-state index >= 15 is 0 Å². The molecule has 3 aromatic heterocycles. The van der Waals surface area contributed by atoms with Crippen LogP contribution in [0.15, 0.2) is 499 Å². The molecule has 0 spiro atoms. The third-order valence-corrected chi connectivity index (χ3v) is 29.1. The Morgan fingerprint density at radius 3 is 0.839 bits per heavy atom. The van der Waals surface area contributed by atoms with Gasteiger partial charge in [-0.05, 0) is 297 Å². The van der Waals surface area contributed by atoms with Crippen LogP contribution in [0.25, 0.3) is 295 Å². The van der Waals surface area contributed by atoms with Crippen molar-refractivity contribution >= 4 is 217 Å². The number of benzene rings is 27. The molecule has 0 radical (unpaired) electrons. The molecule has 30 rings (SSSR count). The van der Waals surface area contributed by atoms with Gasteiger partial charge in [-0.3, -0.25) is 0 Å². The van der Waals surface area contributed by atoms with Gasteiger partial charge in [0.2, 0.25) is 0 Å². The largest absolute Gasteiger partial charge is 0.456 e. The second-order valence-electron chi connectivity index (χ2n) is 36.5. The van der Waals surface area contributed by atoms with Crippen LogP contribution in [-0.2, 0) is 0 Å². The maximum atomic E-state index is 6.62. The van der Waals surface area contributed by atoms with Gasteiger partial charge in [-0.15, -0.1) is 0 Å². The van der Waals surface area contributed by atoms with Crippen molar-refractivity contribution in [2.75, 3.05) is 0 Å². The van der Waals surface area contributed by atoms with Gasteiger partial charge in [0.05, 0.1) is 0 Å². The Balaban J connectivity index is 0.000000102. The van der Waals surface area contributed by atoms with Gasteiger partial charge >= 0.3 is 0 Å². The zero-order valence-corrected chi connectivity index (χ0v) is 74.4. The molecule has 3 nitrogen and oxygen atoms in total. The predicted octanol–water partition coefficient (Wildman–Crippen LogP) is 38.6. The average molecular weight is 1740 g/mol. The first-order chi connectivity index (χ1) is 67.9. The summed E-state index contributed by atoms with van der Waals surface area (Å²) in [6.07, 6.45) is 0. The molecule has 634 valence electrons. The molecule has 27 aromatic carbocycles. The Bertz CT molecular complexity index is 10200. The minimum absolute atomic E-state index is 0.911. The zero-order chi connectivity index (χ0) is 89.9. The van der Waals surface area contributed by atoms with Crippen LogP contribution in [0.4, 0.5) is 0 Å². The monoisotopic (exact) mass is 1740 g/mol. The molecule has 0 aliphatic heterocycles. The molecule has 0 amide bonds. The third kappa shape index (κ3) is 12.5. The standard InChI is InChI=1S/C48H28O.C44H26O.C42H26O/c1-2-12-30-27-46-44(25-29(30)11-1)38-24-22-32(28-45(38)49-46)48-41-19-9-7-17-39(41)47(40-18-8-10-20-42(40)48)31-21-23-37-35-15-4-3-13-33(35)34-14-5-6-16-36(34)43(37)26-31;1-3-11-32-27(9-1)17-18-29-19-20-30(25-40(29)32)42-35-13-5-7-15-37(35)43(38-16-8-6-14-36(38)42)31-22-23-34-39-24-21-28-10-2-4-12-33(28)44(39)45-41(34)26-31;1-3-11-27(12-4-1)30-20-22-35-38(25-30)40(29-14-5-2-6-15-29)33-17-9-10-18-34(33)41(35)31-21-24-39-37(26-31)36-23-19-28-13-7-8-16-32(28)42(36)43-39/h1-28H;1-26H;1-26H. The quantitative estimate of drug-likeness (QED) is 0.118. The molecular weight excluding hydrogens is 1660 g/mol. The Morgan fingerprint density at radius 1 is 0.0949 bits per heavy atom. The van der Waals surface area contributed by atoms with Crippen LogP contribution in [0.2, 0.25) is 0 Å². The molecule has 3 heteroatoms. The molecule has 137 heavy (non-hydrogen) atoms. The lowest BCUT2D eigenvalue weighted by Crippen LogP contribution is -1.91. The lowest BCUT2D eigenvalue weighted by molar-refractivity contribution is 0.669. The van der Waals surface area contributed by atoms with E-state index in [0.29, 0.717) is 0 Å². The van der Waals surface area contributed by atoms with Crippen LogP contribution >= 0.6 is 0 Å². The summed E-state index contributed by atoms with van der Waals surface area (Å²) < 4.78 is 19.6. The van der Waals surface area contributed by atoms with E-state index in [4.69, 9.17) is 13.3 Å². The van der Waals surface area contributed by atoms with Crippen molar-refractivity contribution in [2.45, 2.75) is 0 Å². The van der Waals surface area contributed by atoms with Gasteiger partial charge in [-0.25, -0.2) is 0 Å². The zero-order valence-electron chi connectivity index (χ0n) is 74.4. The second kappa shape index (κ2) is 31.3. The van der Waals surface area contributed by atoms with Crippen LogP contribution in [0.5, 0.6) is 0 Å². The van der Waals surface area contributed by atoms with Gasteiger partial charge in [0.15, 0.2) is 0 Å². The van der Waals surface area contributed by atoms with Crippen LogP contribution < -0.4 is 0 Å². The molecule has 0 N–H and O–H groups in total. The summed E-state index contributed by atoms with van der Waals surface area (Å²) >= 11 is 0. The van der Waals surface area contributed by atoms with Crippen LogP contribution in [0.3, 0.4) is 0 Å². The summed E-state index contributed by atoms with van der Waals surface area (Å²) in [6, 6.07) is 176. The van der Waals surface area contributed by atoms with Crippen molar-refractivity contribution in [2.24, 2.45) is 0 Å². The Kier molecular flexibility index (Phi) is 17.8. The number of hydrogen-bond donors (Lipinski definition) is 0. The molecule has 0 aliphatic carbocycles. The molecule has 0 saturated carbocycles. The van der Waals surface area contributed by atoms with Gasteiger partial charge in [-0.1, -0.05) is 406 Å². The molecule has 0 bridgehead atoms. The van der Waals surface area contributed by atoms with Crippen LogP contribution in [0, 0.1) is 0 Å². The van der Waals surface area contributed by atoms with Crippen molar-refractivity contribution < 1.29 is 13.3 Å². The molecule has 0 saturated heterocycles. The second-order valence-corrected chi connectivity index (χ2v) is 36.5. The summed E-state index contributed by atoms with van der Waals surface area (Å²) in [5.74, 6) is 0. The first kappa shape index (κ1) is 77.7. The minimum Gasteiger partial charge on any atom is -0.456 e. The fourth-order valence-corrected chi connectivity index (χ4v) is 22.9. The number of hydrogen-bond acceptors (Lipinski definition) is 3. The van der Waals surface area contributed by atoms with E-state index in [1.54, 1.807) is 0 Å². The fourth-order valence-electron chi connectivity index (χ4n) is 22.9. The summed E-state index contributed by atoms with van der Waals surface area (Å²) in [5.41, 5.74) is 22.7. The van der Waals surface area contributed by atoms with E-state index in [-0.39, 0.29) is 0 Å². The maximum Gasteiger partial charge on any atom is 0.143 e. The lowest BCUT2D eigenvalue weighted by atomic mass is 9.84. The first-order valence-corrected chi connectivity index (χ1v) is 47.2.